The average Bonchev–Trinajstić information content (AvgIpc) is 2.83. The van der Waals surface area contributed by atoms with E-state index in [2.05, 4.69) is 144 Å². The Labute approximate surface area is 188 Å². The summed E-state index contributed by atoms with van der Waals surface area (Å²) < 4.78 is 0. The fourth-order valence-electron chi connectivity index (χ4n) is 3.86. The third kappa shape index (κ3) is 4.25. The average molecular weight is 457 g/mol. The third-order valence-corrected chi connectivity index (χ3v) is 12.4. The molecule has 29 heavy (non-hydrogen) atoms. The summed E-state index contributed by atoms with van der Waals surface area (Å²) in [7, 11) is 4.33. The van der Waals surface area contributed by atoms with E-state index < -0.39 is 5.96 Å². The molecule has 0 radical (unpaired) electrons. The van der Waals surface area contributed by atoms with Crippen LogP contribution in [-0.4, -0.2) is 0 Å². The van der Waals surface area contributed by atoms with Crippen LogP contribution in [-0.2, 0) is 6.16 Å². The first-order chi connectivity index (χ1) is 14.2. The van der Waals surface area contributed by atoms with Crippen LogP contribution in [0.1, 0.15) is 5.56 Å². The van der Waals surface area contributed by atoms with Crippen molar-refractivity contribution in [1.82, 2.24) is 0 Å². The molecule has 0 saturated carbocycles. The molecule has 4 aromatic carbocycles. The Bertz CT molecular complexity index is 910. The zero-order valence-corrected chi connectivity index (χ0v) is 19.2. The van der Waals surface area contributed by atoms with Crippen molar-refractivity contribution in [2.24, 2.45) is 0 Å². The van der Waals surface area contributed by atoms with Crippen LogP contribution in [0.4, 0.5) is 0 Å². The summed E-state index contributed by atoms with van der Waals surface area (Å²) in [5.41, 5.74) is 1.25. The molecule has 4 aromatic rings. The van der Waals surface area contributed by atoms with Gasteiger partial charge >= 0.3 is 166 Å². The van der Waals surface area contributed by atoms with Gasteiger partial charge in [-0.3, -0.25) is 0 Å². The van der Waals surface area contributed by atoms with E-state index in [0.29, 0.717) is 0 Å². The van der Waals surface area contributed by atoms with Crippen molar-refractivity contribution in [3.8, 4) is 0 Å². The van der Waals surface area contributed by atoms with Gasteiger partial charge in [-0.05, 0) is 10.7 Å². The van der Waals surface area contributed by atoms with Crippen molar-refractivity contribution in [3.63, 3.8) is 0 Å². The molecule has 0 atom stereocenters. The maximum atomic E-state index is 8.04. The van der Waals surface area contributed by atoms with E-state index in [9.17, 15) is 0 Å². The Morgan fingerprint density at radius 2 is 0.759 bits per heavy atom. The largest absolute Gasteiger partial charge is 0.0728 e. The number of hydrogen-bond donors (Lipinski definition) is 1. The molecule has 4 heteroatoms. The molecule has 0 saturated heterocycles. The smallest absolute Gasteiger partial charge is 0.0479 e. The van der Waals surface area contributed by atoms with Crippen LogP contribution in [0.2, 0.25) is 0 Å². The predicted molar refractivity (Wildman–Crippen MR) is 136 cm³/mol. The second-order valence-corrected chi connectivity index (χ2v) is 13.3. The van der Waals surface area contributed by atoms with E-state index in [0.717, 1.165) is 6.16 Å². The van der Waals surface area contributed by atoms with Crippen molar-refractivity contribution in [2.45, 2.75) is 6.16 Å². The van der Waals surface area contributed by atoms with Crippen LogP contribution in [0.15, 0.2) is 121 Å². The molecule has 0 nitrogen and oxygen atoms in total. The molecule has 4 rings (SSSR count). The number of thiol groups is 1. The van der Waals surface area contributed by atoms with E-state index >= 15 is 0 Å². The molecule has 0 heterocycles. The van der Waals surface area contributed by atoms with Crippen molar-refractivity contribution >= 4 is 55.6 Å². The Hall–Kier alpha value is -1.76. The van der Waals surface area contributed by atoms with Crippen molar-refractivity contribution < 1.29 is 0 Å². The topological polar surface area (TPSA) is 0 Å². The monoisotopic (exact) mass is 456 g/mol. The number of rotatable bonds is 5. The molecule has 0 N–H and O–H groups in total. The summed E-state index contributed by atoms with van der Waals surface area (Å²) in [5.74, 6) is -3.21. The van der Waals surface area contributed by atoms with E-state index in [1.54, 1.807) is 0 Å². The van der Waals surface area contributed by atoms with Crippen molar-refractivity contribution in [2.75, 3.05) is 0 Å². The van der Waals surface area contributed by atoms with Gasteiger partial charge in [-0.25, -0.2) is 0 Å². The van der Waals surface area contributed by atoms with Crippen LogP contribution in [0.25, 0.3) is 0 Å². The summed E-state index contributed by atoms with van der Waals surface area (Å²) in [6, 6.07) is 42.5. The molecule has 0 aliphatic rings. The maximum absolute atomic E-state index is 8.04. The molecule has 0 aliphatic carbocycles. The normalized spacial score (nSPS) is 12.2. The van der Waals surface area contributed by atoms with Gasteiger partial charge in [0.2, 0.25) is 0 Å². The second kappa shape index (κ2) is 9.83. The Morgan fingerprint density at radius 1 is 0.483 bits per heavy atom. The van der Waals surface area contributed by atoms with Crippen LogP contribution < -0.4 is 15.9 Å². The Balaban J connectivity index is 0.00000117. The molecule has 0 bridgehead atoms. The minimum Gasteiger partial charge on any atom is -0.0728 e. The minimum atomic E-state index is -3.21. The molecule has 0 aromatic heterocycles. The standard InChI is InChI=1S/C25H22ClP.ClHS/c26-27(23-15-7-2-8-16-23,24-17-9-3-10-18-24,25-19-11-4-12-20-25)21-22-13-5-1-6-14-22;1-2/h1-20H,21H2;2H. The molecular formula is C25H23Cl2PS. The van der Waals surface area contributed by atoms with Gasteiger partial charge < -0.3 is 0 Å². The van der Waals surface area contributed by atoms with Gasteiger partial charge in [-0.1, -0.05) is 11.8 Å². The molecule has 0 aliphatic heterocycles. The van der Waals surface area contributed by atoms with Gasteiger partial charge in [-0.15, -0.1) is 0 Å². The summed E-state index contributed by atoms with van der Waals surface area (Å²) in [6.45, 7) is 0. The number of halogens is 2. The fraction of sp³-hybridized carbons (Fsp3) is 0.0400. The maximum Gasteiger partial charge on any atom is -0.0479 e. The van der Waals surface area contributed by atoms with Gasteiger partial charge in [0.15, 0.2) is 0 Å². The Kier molecular flexibility index (Phi) is 7.44. The molecule has 148 valence electrons. The van der Waals surface area contributed by atoms with Gasteiger partial charge in [0.25, 0.3) is 0 Å². The number of hydrogen-bond acceptors (Lipinski definition) is 1. The summed E-state index contributed by atoms with van der Waals surface area (Å²) in [6.07, 6.45) is 0.784. The van der Waals surface area contributed by atoms with Crippen LogP contribution in [0.5, 0.6) is 0 Å². The second-order valence-electron chi connectivity index (χ2n) is 6.83. The third-order valence-electron chi connectivity index (χ3n) is 5.21. The fourth-order valence-corrected chi connectivity index (χ4v) is 10.0. The zero-order valence-electron chi connectivity index (χ0n) is 15.9. The van der Waals surface area contributed by atoms with E-state index in [4.69, 9.17) is 11.2 Å². The molecule has 0 unspecified atom stereocenters. The SMILES string of the molecule is ClP(Cc1ccccc1)(c1ccccc1)(c1ccccc1)c1ccccc1.SCl. The number of benzene rings is 4. The van der Waals surface area contributed by atoms with Crippen molar-refractivity contribution in [1.29, 1.82) is 0 Å². The van der Waals surface area contributed by atoms with Gasteiger partial charge in [-0.2, -0.15) is 0 Å². The molecule has 0 fully saturated rings. The van der Waals surface area contributed by atoms with E-state index in [1.807, 2.05) is 0 Å². The zero-order chi connectivity index (χ0) is 20.6. The molecule has 0 amide bonds. The van der Waals surface area contributed by atoms with E-state index in [-0.39, 0.29) is 0 Å². The summed E-state index contributed by atoms with van der Waals surface area (Å²) >= 11 is 11.0. The summed E-state index contributed by atoms with van der Waals surface area (Å²) in [5, 5.41) is 3.60. The predicted octanol–water partition coefficient (Wildman–Crippen LogP) is 6.94. The first kappa shape index (κ1) is 21.9. The first-order valence-corrected chi connectivity index (χ1v) is 14.0. The molecule has 0 spiro atoms. The van der Waals surface area contributed by atoms with E-state index in [1.165, 1.54) is 21.5 Å². The van der Waals surface area contributed by atoms with Crippen LogP contribution in [0.3, 0.4) is 0 Å². The minimum absolute atomic E-state index is 0.784. The van der Waals surface area contributed by atoms with Gasteiger partial charge in [0.05, 0.1) is 0 Å². The van der Waals surface area contributed by atoms with Crippen LogP contribution >= 0.6 is 39.7 Å². The first-order valence-electron chi connectivity index (χ1n) is 9.32. The van der Waals surface area contributed by atoms with Crippen LogP contribution in [0, 0.1) is 0 Å². The van der Waals surface area contributed by atoms with Gasteiger partial charge in [0.1, 0.15) is 0 Å². The quantitative estimate of drug-likeness (QED) is 0.244. The van der Waals surface area contributed by atoms with Gasteiger partial charge in [0, 0.05) is 0 Å². The summed E-state index contributed by atoms with van der Waals surface area (Å²) in [4.78, 5) is 0. The Morgan fingerprint density at radius 3 is 1.07 bits per heavy atom. The van der Waals surface area contributed by atoms with Crippen molar-refractivity contribution in [3.05, 3.63) is 127 Å². The molecular weight excluding hydrogens is 434 g/mol.